The molecule has 0 aliphatic heterocycles. The zero-order chi connectivity index (χ0) is 45.5. The van der Waals surface area contributed by atoms with Crippen LogP contribution in [0, 0.1) is 5.41 Å². The number of amides is 1. The third-order valence-electron chi connectivity index (χ3n) is 12.5. The number of carbonyl (C=O) groups excluding carboxylic acids is 3. The van der Waals surface area contributed by atoms with E-state index in [0.717, 1.165) is 51.4 Å². The number of carbonyl (C=O) groups is 3. The maximum Gasteiger partial charge on any atom is 0.407 e. The summed E-state index contributed by atoms with van der Waals surface area (Å²) in [6, 6.07) is 0. The van der Waals surface area contributed by atoms with Crippen molar-refractivity contribution in [2.45, 2.75) is 278 Å². The van der Waals surface area contributed by atoms with Crippen LogP contribution in [0.2, 0.25) is 0 Å². The first kappa shape index (κ1) is 60.2. The standard InChI is InChI=1S/C54H106N2O6/c1-6-9-12-15-18-21-24-25-26-27-28-31-34-37-40-43-46-55-53(59)62-50-54(47-56(4)5,48-60-51(57)44-41-38-35-32-29-22-19-16-13-10-7-2)49-61-52(58)45-42-39-36-33-30-23-20-17-14-11-8-3/h6-50H2,1-5H3,(H,55,59). The van der Waals surface area contributed by atoms with E-state index < -0.39 is 11.5 Å². The van der Waals surface area contributed by atoms with E-state index in [1.807, 2.05) is 19.0 Å². The van der Waals surface area contributed by atoms with Gasteiger partial charge < -0.3 is 24.4 Å². The highest BCUT2D eigenvalue weighted by atomic mass is 16.6. The van der Waals surface area contributed by atoms with Gasteiger partial charge in [0.2, 0.25) is 0 Å². The minimum Gasteiger partial charge on any atom is -0.465 e. The minimum absolute atomic E-state index is 0.00653. The van der Waals surface area contributed by atoms with Crippen LogP contribution >= 0.6 is 0 Å². The van der Waals surface area contributed by atoms with Crippen molar-refractivity contribution in [1.82, 2.24) is 10.2 Å². The molecule has 0 unspecified atom stereocenters. The summed E-state index contributed by atoms with van der Waals surface area (Å²) in [6.45, 7) is 7.85. The molecule has 368 valence electrons. The molecule has 0 saturated carbocycles. The number of nitrogens with zero attached hydrogens (tertiary/aromatic N) is 1. The van der Waals surface area contributed by atoms with Gasteiger partial charge in [-0.05, 0) is 33.4 Å². The monoisotopic (exact) mass is 879 g/mol. The van der Waals surface area contributed by atoms with Gasteiger partial charge in [0.25, 0.3) is 0 Å². The van der Waals surface area contributed by atoms with Gasteiger partial charge in [-0.3, -0.25) is 9.59 Å². The van der Waals surface area contributed by atoms with Crippen molar-refractivity contribution in [3.8, 4) is 0 Å². The quantitative estimate of drug-likeness (QED) is 0.0369. The van der Waals surface area contributed by atoms with Crippen molar-refractivity contribution >= 4 is 18.0 Å². The lowest BCUT2D eigenvalue weighted by atomic mass is 9.90. The molecule has 0 aromatic rings. The van der Waals surface area contributed by atoms with Gasteiger partial charge >= 0.3 is 18.0 Å². The van der Waals surface area contributed by atoms with Crippen LogP contribution in [-0.2, 0) is 23.8 Å². The average Bonchev–Trinajstić information content (AvgIpc) is 3.26. The van der Waals surface area contributed by atoms with Crippen LogP contribution in [0.3, 0.4) is 0 Å². The second kappa shape index (κ2) is 47.1. The second-order valence-electron chi connectivity index (χ2n) is 19.4. The largest absolute Gasteiger partial charge is 0.465 e. The normalized spacial score (nSPS) is 11.6. The lowest BCUT2D eigenvalue weighted by molar-refractivity contribution is -0.157. The molecule has 62 heavy (non-hydrogen) atoms. The Hall–Kier alpha value is -1.83. The topological polar surface area (TPSA) is 94.2 Å². The smallest absolute Gasteiger partial charge is 0.407 e. The predicted octanol–water partition coefficient (Wildman–Crippen LogP) is 16.0. The van der Waals surface area contributed by atoms with Gasteiger partial charge in [-0.2, -0.15) is 0 Å². The van der Waals surface area contributed by atoms with E-state index in [9.17, 15) is 14.4 Å². The Kier molecular flexibility index (Phi) is 45.8. The van der Waals surface area contributed by atoms with E-state index >= 15 is 0 Å². The van der Waals surface area contributed by atoms with E-state index in [2.05, 4.69) is 26.1 Å². The lowest BCUT2D eigenvalue weighted by Gasteiger charge is -2.34. The van der Waals surface area contributed by atoms with Crippen LogP contribution in [0.5, 0.6) is 0 Å². The highest BCUT2D eigenvalue weighted by Gasteiger charge is 2.36. The van der Waals surface area contributed by atoms with Crippen molar-refractivity contribution in [3.63, 3.8) is 0 Å². The first-order chi connectivity index (χ1) is 30.3. The lowest BCUT2D eigenvalue weighted by Crippen LogP contribution is -2.47. The summed E-state index contributed by atoms with van der Waals surface area (Å²) in [7, 11) is 3.87. The van der Waals surface area contributed by atoms with Crippen LogP contribution in [0.25, 0.3) is 0 Å². The highest BCUT2D eigenvalue weighted by molar-refractivity contribution is 5.70. The number of alkyl carbamates (subject to hydrolysis) is 1. The summed E-state index contributed by atoms with van der Waals surface area (Å²) in [6.07, 6.45) is 48.1. The van der Waals surface area contributed by atoms with Crippen molar-refractivity contribution in [1.29, 1.82) is 0 Å². The third-order valence-corrected chi connectivity index (χ3v) is 12.5. The van der Waals surface area contributed by atoms with E-state index in [1.165, 1.54) is 193 Å². The molecule has 8 heteroatoms. The Balaban J connectivity index is 4.73. The number of hydrogen-bond donors (Lipinski definition) is 1. The average molecular weight is 879 g/mol. The maximum absolute atomic E-state index is 13.0. The van der Waals surface area contributed by atoms with Gasteiger partial charge in [-0.25, -0.2) is 4.79 Å². The van der Waals surface area contributed by atoms with Crippen molar-refractivity contribution in [2.75, 3.05) is 47.0 Å². The fourth-order valence-corrected chi connectivity index (χ4v) is 8.54. The highest BCUT2D eigenvalue weighted by Crippen LogP contribution is 2.23. The number of ether oxygens (including phenoxy) is 3. The second-order valence-corrected chi connectivity index (χ2v) is 19.4. The Morgan fingerprint density at radius 1 is 0.371 bits per heavy atom. The van der Waals surface area contributed by atoms with Crippen LogP contribution in [0.15, 0.2) is 0 Å². The first-order valence-corrected chi connectivity index (χ1v) is 27.1. The van der Waals surface area contributed by atoms with E-state index in [4.69, 9.17) is 14.2 Å². The number of rotatable bonds is 49. The molecule has 0 aliphatic rings. The molecule has 0 aromatic carbocycles. The molecule has 0 fully saturated rings. The van der Waals surface area contributed by atoms with Crippen molar-refractivity contribution < 1.29 is 28.6 Å². The van der Waals surface area contributed by atoms with Crippen LogP contribution in [-0.4, -0.2) is 69.9 Å². The van der Waals surface area contributed by atoms with Crippen LogP contribution in [0.4, 0.5) is 4.79 Å². The molecule has 8 nitrogen and oxygen atoms in total. The molecule has 0 rings (SSSR count). The molecule has 0 bridgehead atoms. The number of nitrogens with one attached hydrogen (secondary N) is 1. The molecule has 0 aromatic heterocycles. The van der Waals surface area contributed by atoms with Crippen LogP contribution in [0.1, 0.15) is 278 Å². The van der Waals surface area contributed by atoms with Crippen molar-refractivity contribution in [3.05, 3.63) is 0 Å². The van der Waals surface area contributed by atoms with E-state index in [1.54, 1.807) is 0 Å². The first-order valence-electron chi connectivity index (χ1n) is 27.1. The zero-order valence-electron chi connectivity index (χ0n) is 42.2. The molecule has 1 amide bonds. The Labute approximate surface area is 385 Å². The van der Waals surface area contributed by atoms with Gasteiger partial charge in [-0.1, -0.05) is 245 Å². The molecule has 0 heterocycles. The Morgan fingerprint density at radius 3 is 0.919 bits per heavy atom. The number of hydrogen-bond acceptors (Lipinski definition) is 7. The molecule has 0 aliphatic carbocycles. The number of unbranched alkanes of at least 4 members (excludes halogenated alkanes) is 35. The van der Waals surface area contributed by atoms with Gasteiger partial charge in [0.1, 0.15) is 19.8 Å². The van der Waals surface area contributed by atoms with E-state index in [0.29, 0.717) is 25.9 Å². The number of esters is 2. The Bertz CT molecular complexity index is 933. The van der Waals surface area contributed by atoms with Crippen molar-refractivity contribution in [2.24, 2.45) is 5.41 Å². The molecular formula is C54H106N2O6. The summed E-state index contributed by atoms with van der Waals surface area (Å²) in [5.74, 6) is -0.492. The molecule has 0 atom stereocenters. The Morgan fingerprint density at radius 2 is 0.629 bits per heavy atom. The predicted molar refractivity (Wildman–Crippen MR) is 264 cm³/mol. The third kappa shape index (κ3) is 43.4. The summed E-state index contributed by atoms with van der Waals surface area (Å²) in [5.41, 5.74) is -0.866. The molecular weight excluding hydrogens is 773 g/mol. The molecule has 0 saturated heterocycles. The molecule has 0 radical (unpaired) electrons. The van der Waals surface area contributed by atoms with Gasteiger partial charge in [0, 0.05) is 25.9 Å². The molecule has 1 N–H and O–H groups in total. The minimum atomic E-state index is -0.866. The maximum atomic E-state index is 13.0. The summed E-state index contributed by atoms with van der Waals surface area (Å²) < 4.78 is 17.5. The fraction of sp³-hybridized carbons (Fsp3) is 0.944. The van der Waals surface area contributed by atoms with Gasteiger partial charge in [0.05, 0.1) is 5.41 Å². The summed E-state index contributed by atoms with van der Waals surface area (Å²) in [5, 5.41) is 2.93. The SMILES string of the molecule is CCCCCCCCCCCCCCCCCCNC(=O)OCC(COC(=O)CCCCCCCCCCCCC)(COC(=O)CCCCCCCCCCCCC)CN(C)C. The fourth-order valence-electron chi connectivity index (χ4n) is 8.54. The van der Waals surface area contributed by atoms with Crippen LogP contribution < -0.4 is 5.32 Å². The molecule has 0 spiro atoms. The van der Waals surface area contributed by atoms with Gasteiger partial charge in [0.15, 0.2) is 0 Å². The zero-order valence-corrected chi connectivity index (χ0v) is 42.2. The summed E-state index contributed by atoms with van der Waals surface area (Å²) >= 11 is 0. The van der Waals surface area contributed by atoms with Gasteiger partial charge in [-0.15, -0.1) is 0 Å². The van der Waals surface area contributed by atoms with E-state index in [-0.39, 0.29) is 31.8 Å². The summed E-state index contributed by atoms with van der Waals surface area (Å²) in [4.78, 5) is 40.8.